The normalized spacial score (nSPS) is 30.2. The molecule has 2 rings (SSSR count). The van der Waals surface area contributed by atoms with Crippen LogP contribution in [-0.4, -0.2) is 43.3 Å². The average molecular weight is 310 g/mol. The number of ether oxygens (including phenoxy) is 2. The Morgan fingerprint density at radius 2 is 1.00 bits per heavy atom. The van der Waals surface area contributed by atoms with Gasteiger partial charge in [0, 0.05) is 19.3 Å². The van der Waals surface area contributed by atoms with E-state index in [0.717, 1.165) is 51.0 Å². The van der Waals surface area contributed by atoms with Crippen LogP contribution in [0.25, 0.3) is 0 Å². The van der Waals surface area contributed by atoms with Crippen molar-refractivity contribution in [3.8, 4) is 0 Å². The summed E-state index contributed by atoms with van der Waals surface area (Å²) >= 11 is 0. The molecule has 0 aromatic heterocycles. The molecule has 2 saturated heterocycles. The van der Waals surface area contributed by atoms with Crippen LogP contribution in [0.1, 0.15) is 51.4 Å². The lowest BCUT2D eigenvalue weighted by atomic mass is 10.1. The fourth-order valence-electron chi connectivity index (χ4n) is 2.76. The van der Waals surface area contributed by atoms with Crippen molar-refractivity contribution < 1.29 is 23.9 Å². The Bertz CT molecular complexity index is 289. The average Bonchev–Trinajstić information content (AvgIpc) is 3.12. The molecule has 0 aromatic carbocycles. The standard InChI is InChI=1S/C9H14O2.C8H12O3/c1-2-3-8-4-5-9(11-8)6-7-10;9-5-3-7-1-2-8(11-7)4-6-10/h2,7-9H,1,3-6H2;5-8H,1-4H2/t8-,9+;7-,8+/m1./s1. The number of aldehydes is 3. The molecule has 0 N–H and O–H groups in total. The highest BCUT2D eigenvalue weighted by atomic mass is 16.5. The van der Waals surface area contributed by atoms with Crippen molar-refractivity contribution in [3.63, 3.8) is 0 Å². The largest absolute Gasteiger partial charge is 0.374 e. The van der Waals surface area contributed by atoms with Crippen molar-refractivity contribution in [2.45, 2.75) is 75.8 Å². The Morgan fingerprint density at radius 1 is 0.682 bits per heavy atom. The van der Waals surface area contributed by atoms with Gasteiger partial charge in [-0.1, -0.05) is 6.08 Å². The molecule has 5 nitrogen and oxygen atoms in total. The minimum absolute atomic E-state index is 0.0671. The Kier molecular flexibility index (Phi) is 9.59. The molecule has 0 saturated carbocycles. The maximum atomic E-state index is 10.1. The first-order chi connectivity index (χ1) is 10.7. The third-order valence-electron chi connectivity index (χ3n) is 3.90. The van der Waals surface area contributed by atoms with Crippen molar-refractivity contribution in [1.82, 2.24) is 0 Å². The maximum absolute atomic E-state index is 10.1. The minimum Gasteiger partial charge on any atom is -0.374 e. The highest BCUT2D eigenvalue weighted by Gasteiger charge is 2.24. The van der Waals surface area contributed by atoms with E-state index < -0.39 is 0 Å². The van der Waals surface area contributed by atoms with Crippen LogP contribution in [0.3, 0.4) is 0 Å². The lowest BCUT2D eigenvalue weighted by Crippen LogP contribution is -2.11. The molecule has 5 heteroatoms. The molecule has 2 fully saturated rings. The van der Waals surface area contributed by atoms with Crippen LogP contribution in [0, 0.1) is 0 Å². The molecule has 124 valence electrons. The van der Waals surface area contributed by atoms with Gasteiger partial charge in [0.05, 0.1) is 24.4 Å². The summed E-state index contributed by atoms with van der Waals surface area (Å²) in [6.45, 7) is 3.65. The smallest absolute Gasteiger partial charge is 0.122 e. The molecule has 0 bridgehead atoms. The molecule has 4 atom stereocenters. The monoisotopic (exact) mass is 310 g/mol. The Morgan fingerprint density at radius 3 is 1.27 bits per heavy atom. The third kappa shape index (κ3) is 7.09. The van der Waals surface area contributed by atoms with Gasteiger partial charge in [-0.2, -0.15) is 0 Å². The van der Waals surface area contributed by atoms with Gasteiger partial charge in [0.15, 0.2) is 0 Å². The number of carbonyl (C=O) groups is 3. The predicted octanol–water partition coefficient (Wildman–Crippen LogP) is 2.41. The van der Waals surface area contributed by atoms with Crippen molar-refractivity contribution in [1.29, 1.82) is 0 Å². The fraction of sp³-hybridized carbons (Fsp3) is 0.706. The second kappa shape index (κ2) is 11.3. The van der Waals surface area contributed by atoms with E-state index in [2.05, 4.69) is 6.58 Å². The summed E-state index contributed by atoms with van der Waals surface area (Å²) in [5.74, 6) is 0. The van der Waals surface area contributed by atoms with E-state index in [1.165, 1.54) is 0 Å². The zero-order valence-electron chi connectivity index (χ0n) is 13.0. The summed E-state index contributed by atoms with van der Waals surface area (Å²) < 4.78 is 10.9. The molecule has 0 radical (unpaired) electrons. The molecule has 0 amide bonds. The molecule has 2 aliphatic rings. The van der Waals surface area contributed by atoms with E-state index in [9.17, 15) is 14.4 Å². The number of carbonyl (C=O) groups excluding carboxylic acids is 3. The topological polar surface area (TPSA) is 69.7 Å². The Labute approximate surface area is 132 Å². The first-order valence-corrected chi connectivity index (χ1v) is 7.96. The number of hydrogen-bond acceptors (Lipinski definition) is 5. The molecular formula is C17H26O5. The molecule has 2 heterocycles. The first-order valence-electron chi connectivity index (χ1n) is 7.96. The van der Waals surface area contributed by atoms with Gasteiger partial charge in [0.1, 0.15) is 18.9 Å². The highest BCUT2D eigenvalue weighted by Crippen LogP contribution is 2.23. The van der Waals surface area contributed by atoms with Crippen LogP contribution in [-0.2, 0) is 23.9 Å². The molecule has 0 unspecified atom stereocenters. The summed E-state index contributed by atoms with van der Waals surface area (Å²) in [6.07, 6.45) is 11.5. The van der Waals surface area contributed by atoms with Crippen LogP contribution in [0.2, 0.25) is 0 Å². The summed E-state index contributed by atoms with van der Waals surface area (Å²) in [6, 6.07) is 0. The SMILES string of the molecule is C=CC[C@@H]1CC[C@@H](CC=O)O1.O=CC[C@@H]1CC[C@H](CC=O)O1. The van der Waals surface area contributed by atoms with Crippen LogP contribution >= 0.6 is 0 Å². The van der Waals surface area contributed by atoms with Gasteiger partial charge in [-0.15, -0.1) is 6.58 Å². The van der Waals surface area contributed by atoms with Crippen molar-refractivity contribution >= 4 is 18.9 Å². The summed E-state index contributed by atoms with van der Waals surface area (Å²) in [5, 5.41) is 0. The molecule has 22 heavy (non-hydrogen) atoms. The zero-order valence-corrected chi connectivity index (χ0v) is 13.0. The molecular weight excluding hydrogens is 284 g/mol. The van der Waals surface area contributed by atoms with E-state index in [0.29, 0.717) is 25.4 Å². The van der Waals surface area contributed by atoms with Crippen molar-refractivity contribution in [2.75, 3.05) is 0 Å². The van der Waals surface area contributed by atoms with Crippen LogP contribution in [0.5, 0.6) is 0 Å². The second-order valence-corrected chi connectivity index (χ2v) is 5.65. The zero-order chi connectivity index (χ0) is 16.2. The van der Waals surface area contributed by atoms with Gasteiger partial charge in [-0.3, -0.25) is 0 Å². The van der Waals surface area contributed by atoms with Crippen LogP contribution in [0.15, 0.2) is 12.7 Å². The van der Waals surface area contributed by atoms with E-state index >= 15 is 0 Å². The molecule has 2 aliphatic heterocycles. The Hall–Kier alpha value is -1.33. The van der Waals surface area contributed by atoms with E-state index in [1.807, 2.05) is 6.08 Å². The van der Waals surface area contributed by atoms with Gasteiger partial charge in [0.25, 0.3) is 0 Å². The summed E-state index contributed by atoms with van der Waals surface area (Å²) in [5.41, 5.74) is 0. The van der Waals surface area contributed by atoms with Crippen LogP contribution in [0.4, 0.5) is 0 Å². The van der Waals surface area contributed by atoms with Crippen molar-refractivity contribution in [3.05, 3.63) is 12.7 Å². The van der Waals surface area contributed by atoms with E-state index in [-0.39, 0.29) is 18.3 Å². The maximum Gasteiger partial charge on any atom is 0.122 e. The summed E-state index contributed by atoms with van der Waals surface area (Å²) in [7, 11) is 0. The lowest BCUT2D eigenvalue weighted by molar-refractivity contribution is -0.112. The first kappa shape index (κ1) is 18.7. The molecule has 0 spiro atoms. The molecule has 0 aromatic rings. The Balaban J connectivity index is 0.000000220. The van der Waals surface area contributed by atoms with E-state index in [1.54, 1.807) is 0 Å². The number of rotatable bonds is 8. The van der Waals surface area contributed by atoms with Gasteiger partial charge in [-0.25, -0.2) is 0 Å². The lowest BCUT2D eigenvalue weighted by Gasteiger charge is -2.08. The van der Waals surface area contributed by atoms with E-state index in [4.69, 9.17) is 9.47 Å². The summed E-state index contributed by atoms with van der Waals surface area (Å²) in [4.78, 5) is 30.3. The minimum atomic E-state index is 0.0671. The van der Waals surface area contributed by atoms with Gasteiger partial charge < -0.3 is 23.9 Å². The second-order valence-electron chi connectivity index (χ2n) is 5.65. The van der Waals surface area contributed by atoms with Crippen molar-refractivity contribution in [2.24, 2.45) is 0 Å². The predicted molar refractivity (Wildman–Crippen MR) is 82.6 cm³/mol. The fourth-order valence-corrected chi connectivity index (χ4v) is 2.76. The third-order valence-corrected chi connectivity index (χ3v) is 3.90. The van der Waals surface area contributed by atoms with Gasteiger partial charge in [0.2, 0.25) is 0 Å². The van der Waals surface area contributed by atoms with Gasteiger partial charge >= 0.3 is 0 Å². The number of hydrogen-bond donors (Lipinski definition) is 0. The molecule has 0 aliphatic carbocycles. The quantitative estimate of drug-likeness (QED) is 0.508. The van der Waals surface area contributed by atoms with Crippen LogP contribution < -0.4 is 0 Å². The van der Waals surface area contributed by atoms with Gasteiger partial charge in [-0.05, 0) is 32.1 Å². The highest BCUT2D eigenvalue weighted by molar-refractivity contribution is 5.51.